The van der Waals surface area contributed by atoms with Gasteiger partial charge in [0.05, 0.1) is 5.41 Å². The van der Waals surface area contributed by atoms with E-state index in [4.69, 9.17) is 10.3 Å². The van der Waals surface area contributed by atoms with Crippen molar-refractivity contribution in [3.8, 4) is 0 Å². The van der Waals surface area contributed by atoms with E-state index in [-0.39, 0.29) is 5.41 Å². The van der Waals surface area contributed by atoms with Crippen molar-refractivity contribution in [2.75, 3.05) is 6.54 Å². The molecule has 0 bridgehead atoms. The van der Waals surface area contributed by atoms with Crippen LogP contribution in [0, 0.1) is 0 Å². The van der Waals surface area contributed by atoms with Gasteiger partial charge in [-0.3, -0.25) is 0 Å². The van der Waals surface area contributed by atoms with Crippen molar-refractivity contribution in [1.82, 2.24) is 10.1 Å². The Balaban J connectivity index is 2.13. The largest absolute Gasteiger partial charge is 0.339 e. The molecule has 1 aromatic heterocycles. The second-order valence-corrected chi connectivity index (χ2v) is 5.25. The molecular weight excluding hydrogens is 238 g/mol. The molecule has 0 fully saturated rings. The molecule has 102 valence electrons. The minimum absolute atomic E-state index is 0.239. The number of hydrogen-bond acceptors (Lipinski definition) is 4. The van der Waals surface area contributed by atoms with Gasteiger partial charge in [-0.05, 0) is 38.8 Å². The van der Waals surface area contributed by atoms with E-state index in [1.165, 1.54) is 5.56 Å². The number of rotatable bonds is 6. The van der Waals surface area contributed by atoms with E-state index in [0.29, 0.717) is 12.4 Å². The van der Waals surface area contributed by atoms with Gasteiger partial charge in [0, 0.05) is 6.42 Å². The number of hydrogen-bond donors (Lipinski definition) is 1. The Morgan fingerprint density at radius 3 is 2.58 bits per heavy atom. The predicted octanol–water partition coefficient (Wildman–Crippen LogP) is 2.68. The van der Waals surface area contributed by atoms with Gasteiger partial charge < -0.3 is 10.3 Å². The highest BCUT2D eigenvalue weighted by atomic mass is 16.5. The Kier molecular flexibility index (Phi) is 4.32. The van der Waals surface area contributed by atoms with Gasteiger partial charge in [0.15, 0.2) is 5.82 Å². The third-order valence-corrected chi connectivity index (χ3v) is 3.37. The van der Waals surface area contributed by atoms with Crippen molar-refractivity contribution < 1.29 is 4.52 Å². The van der Waals surface area contributed by atoms with E-state index in [1.807, 2.05) is 18.2 Å². The Bertz CT molecular complexity index is 505. The molecule has 0 radical (unpaired) electrons. The van der Waals surface area contributed by atoms with Gasteiger partial charge in [-0.15, -0.1) is 0 Å². The van der Waals surface area contributed by atoms with Crippen molar-refractivity contribution in [2.45, 2.75) is 38.5 Å². The number of aromatic nitrogens is 2. The fourth-order valence-corrected chi connectivity index (χ4v) is 2.01. The van der Waals surface area contributed by atoms with Crippen LogP contribution >= 0.6 is 0 Å². The lowest BCUT2D eigenvalue weighted by molar-refractivity contribution is 0.362. The maximum absolute atomic E-state index is 5.48. The molecule has 2 aromatic rings. The minimum atomic E-state index is -0.239. The molecule has 0 unspecified atom stereocenters. The fraction of sp³-hybridized carbons (Fsp3) is 0.467. The third-order valence-electron chi connectivity index (χ3n) is 3.37. The zero-order chi connectivity index (χ0) is 13.7. The Hall–Kier alpha value is -1.68. The fourth-order valence-electron chi connectivity index (χ4n) is 2.01. The maximum Gasteiger partial charge on any atom is 0.226 e. The van der Waals surface area contributed by atoms with Crippen molar-refractivity contribution >= 4 is 0 Å². The predicted molar refractivity (Wildman–Crippen MR) is 74.9 cm³/mol. The number of nitrogens with zero attached hydrogens (tertiary/aromatic N) is 2. The molecule has 0 atom stereocenters. The number of nitrogens with two attached hydrogens (primary N) is 1. The van der Waals surface area contributed by atoms with E-state index >= 15 is 0 Å². The van der Waals surface area contributed by atoms with Gasteiger partial charge in [-0.25, -0.2) is 0 Å². The van der Waals surface area contributed by atoms with Crippen LogP contribution in [0.15, 0.2) is 34.9 Å². The average molecular weight is 259 g/mol. The summed E-state index contributed by atoms with van der Waals surface area (Å²) in [4.78, 5) is 4.51. The van der Waals surface area contributed by atoms with Crippen molar-refractivity contribution in [3.05, 3.63) is 47.6 Å². The van der Waals surface area contributed by atoms with Crippen molar-refractivity contribution in [3.63, 3.8) is 0 Å². The minimum Gasteiger partial charge on any atom is -0.339 e. The molecule has 0 saturated heterocycles. The zero-order valence-corrected chi connectivity index (χ0v) is 11.6. The van der Waals surface area contributed by atoms with Gasteiger partial charge in [0.25, 0.3) is 0 Å². The molecule has 0 aliphatic carbocycles. The number of benzene rings is 1. The van der Waals surface area contributed by atoms with Gasteiger partial charge in [0.2, 0.25) is 5.89 Å². The SMILES string of the molecule is CC(C)(c1ccccc1)c1noc(CCCCN)n1. The number of unbranched alkanes of at least 4 members (excludes halogenated alkanes) is 1. The lowest BCUT2D eigenvalue weighted by atomic mass is 9.84. The van der Waals surface area contributed by atoms with Gasteiger partial charge >= 0.3 is 0 Å². The summed E-state index contributed by atoms with van der Waals surface area (Å²) in [5.74, 6) is 1.44. The highest BCUT2D eigenvalue weighted by Gasteiger charge is 2.28. The summed E-state index contributed by atoms with van der Waals surface area (Å²) in [6.45, 7) is 4.92. The van der Waals surface area contributed by atoms with Crippen LogP contribution in [0.1, 0.15) is 44.0 Å². The Morgan fingerprint density at radius 2 is 1.89 bits per heavy atom. The highest BCUT2D eigenvalue weighted by molar-refractivity contribution is 5.30. The quantitative estimate of drug-likeness (QED) is 0.810. The van der Waals surface area contributed by atoms with Crippen LogP contribution in [0.2, 0.25) is 0 Å². The maximum atomic E-state index is 5.48. The van der Waals surface area contributed by atoms with E-state index in [2.05, 4.69) is 36.1 Å². The van der Waals surface area contributed by atoms with Crippen molar-refractivity contribution in [1.29, 1.82) is 0 Å². The molecular formula is C15H21N3O. The molecule has 19 heavy (non-hydrogen) atoms. The van der Waals surface area contributed by atoms with Crippen LogP contribution in [0.5, 0.6) is 0 Å². The lowest BCUT2D eigenvalue weighted by Gasteiger charge is -2.20. The molecule has 0 amide bonds. The summed E-state index contributed by atoms with van der Waals surface area (Å²) in [7, 11) is 0. The van der Waals surface area contributed by atoms with Crippen LogP contribution in [0.25, 0.3) is 0 Å². The van der Waals surface area contributed by atoms with E-state index in [0.717, 1.165) is 25.1 Å². The summed E-state index contributed by atoms with van der Waals surface area (Å²) >= 11 is 0. The van der Waals surface area contributed by atoms with Gasteiger partial charge in [-0.2, -0.15) is 4.98 Å². The van der Waals surface area contributed by atoms with Crippen LogP contribution in [-0.4, -0.2) is 16.7 Å². The van der Waals surface area contributed by atoms with Crippen LogP contribution in [0.4, 0.5) is 0 Å². The Labute approximate surface area is 114 Å². The molecule has 1 aromatic carbocycles. The normalized spacial score (nSPS) is 11.7. The molecule has 0 aliphatic heterocycles. The Morgan fingerprint density at radius 1 is 1.16 bits per heavy atom. The lowest BCUT2D eigenvalue weighted by Crippen LogP contribution is -2.20. The molecule has 2 N–H and O–H groups in total. The van der Waals surface area contributed by atoms with Gasteiger partial charge in [-0.1, -0.05) is 35.5 Å². The van der Waals surface area contributed by atoms with Gasteiger partial charge in [0.1, 0.15) is 0 Å². The molecule has 2 rings (SSSR count). The van der Waals surface area contributed by atoms with Crippen molar-refractivity contribution in [2.24, 2.45) is 5.73 Å². The average Bonchev–Trinajstić information content (AvgIpc) is 2.90. The first-order valence-electron chi connectivity index (χ1n) is 6.73. The topological polar surface area (TPSA) is 64.9 Å². The summed E-state index contributed by atoms with van der Waals surface area (Å²) in [5.41, 5.74) is 6.42. The molecule has 0 spiro atoms. The van der Waals surface area contributed by atoms with Crippen LogP contribution < -0.4 is 5.73 Å². The highest BCUT2D eigenvalue weighted by Crippen LogP contribution is 2.29. The second kappa shape index (κ2) is 5.97. The van der Waals surface area contributed by atoms with E-state index in [9.17, 15) is 0 Å². The van der Waals surface area contributed by atoms with Crippen LogP contribution in [0.3, 0.4) is 0 Å². The first-order chi connectivity index (χ1) is 9.14. The first kappa shape index (κ1) is 13.7. The summed E-state index contributed by atoms with van der Waals surface area (Å²) in [6.07, 6.45) is 2.78. The standard InChI is InChI=1S/C15H21N3O/c1-15(2,12-8-4-3-5-9-12)14-17-13(19-18-14)10-6-7-11-16/h3-5,8-9H,6-7,10-11,16H2,1-2H3. The van der Waals surface area contributed by atoms with Crippen LogP contribution in [-0.2, 0) is 11.8 Å². The molecule has 4 nitrogen and oxygen atoms in total. The summed E-state index contributed by atoms with van der Waals surface area (Å²) in [5, 5.41) is 4.13. The molecule has 1 heterocycles. The number of aryl methyl sites for hydroxylation is 1. The molecule has 0 aliphatic rings. The van der Waals surface area contributed by atoms with E-state index in [1.54, 1.807) is 0 Å². The first-order valence-corrected chi connectivity index (χ1v) is 6.73. The van der Waals surface area contributed by atoms with E-state index < -0.39 is 0 Å². The second-order valence-electron chi connectivity index (χ2n) is 5.25. The smallest absolute Gasteiger partial charge is 0.226 e. The molecule has 4 heteroatoms. The summed E-state index contributed by atoms with van der Waals surface area (Å²) < 4.78 is 5.32. The monoisotopic (exact) mass is 259 g/mol. The summed E-state index contributed by atoms with van der Waals surface area (Å²) in [6, 6.07) is 10.2. The molecule has 0 saturated carbocycles. The zero-order valence-electron chi connectivity index (χ0n) is 11.6. The third kappa shape index (κ3) is 3.20.